The molecule has 0 bridgehead atoms. The van der Waals surface area contributed by atoms with E-state index in [1.54, 1.807) is 6.92 Å². The van der Waals surface area contributed by atoms with Gasteiger partial charge in [0, 0.05) is 6.07 Å². The number of aliphatic hydroxyl groups is 1. The van der Waals surface area contributed by atoms with Gasteiger partial charge in [-0.3, -0.25) is 0 Å². The first kappa shape index (κ1) is 11.9. The molecule has 0 amide bonds. The smallest absolute Gasteiger partial charge is 0.162 e. The van der Waals surface area contributed by atoms with E-state index >= 15 is 0 Å². The van der Waals surface area contributed by atoms with Crippen LogP contribution in [0, 0.1) is 11.6 Å². The average Bonchev–Trinajstić information content (AvgIpc) is 2.18. The minimum Gasteiger partial charge on any atom is -0.493 e. The molecule has 15 heavy (non-hydrogen) atoms. The average molecular weight is 216 g/mol. The van der Waals surface area contributed by atoms with Gasteiger partial charge in [-0.15, -0.1) is 0 Å². The van der Waals surface area contributed by atoms with Crippen molar-refractivity contribution >= 4 is 0 Å². The Bertz CT molecular complexity index is 313. The molecule has 0 fully saturated rings. The van der Waals surface area contributed by atoms with E-state index in [1.807, 2.05) is 0 Å². The molecule has 0 aliphatic carbocycles. The standard InChI is InChI=1S/C11H14F2O2/c1-8(14)3-2-6-15-9-4-5-10(12)11(13)7-9/h4-5,7-8,14H,2-3,6H2,1H3. The lowest BCUT2D eigenvalue weighted by molar-refractivity contribution is 0.170. The van der Waals surface area contributed by atoms with Crippen LogP contribution in [0.15, 0.2) is 18.2 Å². The molecule has 1 atom stereocenters. The molecule has 0 saturated carbocycles. The lowest BCUT2D eigenvalue weighted by Gasteiger charge is -2.07. The summed E-state index contributed by atoms with van der Waals surface area (Å²) < 4.78 is 30.4. The third-order valence-electron chi connectivity index (χ3n) is 1.93. The summed E-state index contributed by atoms with van der Waals surface area (Å²) in [5, 5.41) is 8.96. The highest BCUT2D eigenvalue weighted by atomic mass is 19.2. The van der Waals surface area contributed by atoms with Crippen LogP contribution in [0.3, 0.4) is 0 Å². The second-order valence-corrected chi connectivity index (χ2v) is 3.42. The number of hydrogen-bond donors (Lipinski definition) is 1. The highest BCUT2D eigenvalue weighted by Gasteiger charge is 2.03. The summed E-state index contributed by atoms with van der Waals surface area (Å²) in [4.78, 5) is 0. The molecule has 0 aliphatic heterocycles. The Kier molecular flexibility index (Phi) is 4.49. The number of hydrogen-bond acceptors (Lipinski definition) is 2. The molecule has 0 heterocycles. The normalized spacial score (nSPS) is 12.5. The van der Waals surface area contributed by atoms with Gasteiger partial charge in [0.15, 0.2) is 11.6 Å². The first-order valence-corrected chi connectivity index (χ1v) is 4.85. The maximum Gasteiger partial charge on any atom is 0.162 e. The largest absolute Gasteiger partial charge is 0.493 e. The molecule has 1 unspecified atom stereocenters. The molecule has 0 spiro atoms. The van der Waals surface area contributed by atoms with E-state index in [-0.39, 0.29) is 6.10 Å². The molecule has 84 valence electrons. The van der Waals surface area contributed by atoms with Crippen LogP contribution in [0.2, 0.25) is 0 Å². The summed E-state index contributed by atoms with van der Waals surface area (Å²) in [6.45, 7) is 2.08. The first-order chi connectivity index (χ1) is 7.09. The number of rotatable bonds is 5. The molecular formula is C11H14F2O2. The fourth-order valence-corrected chi connectivity index (χ4v) is 1.14. The third kappa shape index (κ3) is 4.25. The fourth-order valence-electron chi connectivity index (χ4n) is 1.14. The van der Waals surface area contributed by atoms with Crippen molar-refractivity contribution in [3.8, 4) is 5.75 Å². The topological polar surface area (TPSA) is 29.5 Å². The molecule has 4 heteroatoms. The van der Waals surface area contributed by atoms with Crippen molar-refractivity contribution in [1.82, 2.24) is 0 Å². The second kappa shape index (κ2) is 5.66. The van der Waals surface area contributed by atoms with Crippen molar-refractivity contribution < 1.29 is 18.6 Å². The van der Waals surface area contributed by atoms with Crippen LogP contribution < -0.4 is 4.74 Å². The Morgan fingerprint density at radius 2 is 2.07 bits per heavy atom. The van der Waals surface area contributed by atoms with E-state index < -0.39 is 11.6 Å². The summed E-state index contributed by atoms with van der Waals surface area (Å²) in [7, 11) is 0. The van der Waals surface area contributed by atoms with Gasteiger partial charge in [-0.2, -0.15) is 0 Å². The summed E-state index contributed by atoms with van der Waals surface area (Å²) in [6.07, 6.45) is 0.943. The van der Waals surface area contributed by atoms with E-state index in [4.69, 9.17) is 9.84 Å². The minimum absolute atomic E-state index is 0.305. The van der Waals surface area contributed by atoms with Crippen molar-refractivity contribution in [1.29, 1.82) is 0 Å². The molecule has 0 saturated heterocycles. The van der Waals surface area contributed by atoms with Gasteiger partial charge in [0.05, 0.1) is 12.7 Å². The first-order valence-electron chi connectivity index (χ1n) is 4.85. The van der Waals surface area contributed by atoms with E-state index in [9.17, 15) is 8.78 Å². The van der Waals surface area contributed by atoms with Crippen LogP contribution in [-0.2, 0) is 0 Å². The Labute approximate surface area is 87.5 Å². The monoisotopic (exact) mass is 216 g/mol. The zero-order chi connectivity index (χ0) is 11.3. The Morgan fingerprint density at radius 3 is 2.67 bits per heavy atom. The van der Waals surface area contributed by atoms with Crippen LogP contribution in [0.1, 0.15) is 19.8 Å². The summed E-state index contributed by atoms with van der Waals surface area (Å²) >= 11 is 0. The molecule has 1 aromatic rings. The molecule has 1 rings (SSSR count). The van der Waals surface area contributed by atoms with Gasteiger partial charge in [0.25, 0.3) is 0 Å². The van der Waals surface area contributed by atoms with Crippen molar-refractivity contribution in [3.05, 3.63) is 29.8 Å². The second-order valence-electron chi connectivity index (χ2n) is 3.42. The maximum atomic E-state index is 12.7. The highest BCUT2D eigenvalue weighted by Crippen LogP contribution is 2.15. The van der Waals surface area contributed by atoms with E-state index in [1.165, 1.54) is 6.07 Å². The van der Waals surface area contributed by atoms with Crippen LogP contribution in [0.4, 0.5) is 8.78 Å². The lowest BCUT2D eigenvalue weighted by atomic mass is 10.2. The van der Waals surface area contributed by atoms with Crippen molar-refractivity contribution in [2.24, 2.45) is 0 Å². The quantitative estimate of drug-likeness (QED) is 0.766. The van der Waals surface area contributed by atoms with E-state index in [0.717, 1.165) is 12.1 Å². The Balaban J connectivity index is 2.35. The molecule has 0 aromatic heterocycles. The van der Waals surface area contributed by atoms with Gasteiger partial charge in [-0.25, -0.2) is 8.78 Å². The van der Waals surface area contributed by atoms with E-state index in [2.05, 4.69) is 0 Å². The molecule has 0 aliphatic rings. The molecule has 1 aromatic carbocycles. The number of ether oxygens (including phenoxy) is 1. The summed E-state index contributed by atoms with van der Waals surface area (Å²) in [5.74, 6) is -1.49. The van der Waals surface area contributed by atoms with Gasteiger partial charge in [0.2, 0.25) is 0 Å². The minimum atomic E-state index is -0.914. The van der Waals surface area contributed by atoms with Crippen LogP contribution in [-0.4, -0.2) is 17.8 Å². The third-order valence-corrected chi connectivity index (χ3v) is 1.93. The molecule has 1 N–H and O–H groups in total. The molecule has 2 nitrogen and oxygen atoms in total. The fraction of sp³-hybridized carbons (Fsp3) is 0.455. The Hall–Kier alpha value is -1.16. The van der Waals surface area contributed by atoms with Crippen molar-refractivity contribution in [2.75, 3.05) is 6.61 Å². The zero-order valence-electron chi connectivity index (χ0n) is 8.54. The lowest BCUT2D eigenvalue weighted by Crippen LogP contribution is -2.04. The number of halogens is 2. The van der Waals surface area contributed by atoms with Gasteiger partial charge in [-0.1, -0.05) is 0 Å². The SMILES string of the molecule is CC(O)CCCOc1ccc(F)c(F)c1. The van der Waals surface area contributed by atoms with Crippen molar-refractivity contribution in [2.45, 2.75) is 25.9 Å². The predicted molar refractivity (Wildman–Crippen MR) is 52.8 cm³/mol. The van der Waals surface area contributed by atoms with Gasteiger partial charge >= 0.3 is 0 Å². The van der Waals surface area contributed by atoms with Crippen LogP contribution in [0.5, 0.6) is 5.75 Å². The number of aliphatic hydroxyl groups excluding tert-OH is 1. The van der Waals surface area contributed by atoms with Gasteiger partial charge < -0.3 is 9.84 Å². The van der Waals surface area contributed by atoms with Gasteiger partial charge in [-0.05, 0) is 31.9 Å². The maximum absolute atomic E-state index is 12.7. The van der Waals surface area contributed by atoms with E-state index in [0.29, 0.717) is 25.2 Å². The van der Waals surface area contributed by atoms with Crippen molar-refractivity contribution in [3.63, 3.8) is 0 Å². The highest BCUT2D eigenvalue weighted by molar-refractivity contribution is 5.23. The number of benzene rings is 1. The zero-order valence-corrected chi connectivity index (χ0v) is 8.54. The van der Waals surface area contributed by atoms with Gasteiger partial charge in [0.1, 0.15) is 5.75 Å². The predicted octanol–water partition coefficient (Wildman–Crippen LogP) is 2.50. The summed E-state index contributed by atoms with van der Waals surface area (Å²) in [6, 6.07) is 3.41. The summed E-state index contributed by atoms with van der Waals surface area (Å²) in [5.41, 5.74) is 0. The molecular weight excluding hydrogens is 202 g/mol. The van der Waals surface area contributed by atoms with Crippen LogP contribution in [0.25, 0.3) is 0 Å². The Morgan fingerprint density at radius 1 is 1.33 bits per heavy atom. The molecule has 0 radical (unpaired) electrons. The van der Waals surface area contributed by atoms with Crippen LogP contribution >= 0.6 is 0 Å².